The van der Waals surface area contributed by atoms with E-state index in [1.165, 1.54) is 12.5 Å². The van der Waals surface area contributed by atoms with Crippen molar-refractivity contribution in [2.45, 2.75) is 33.1 Å². The molecule has 1 heterocycles. The lowest BCUT2D eigenvalue weighted by Gasteiger charge is -2.10. The van der Waals surface area contributed by atoms with Gasteiger partial charge < -0.3 is 4.74 Å². The zero-order chi connectivity index (χ0) is 20.5. The number of nitrogens with one attached hydrogen (secondary N) is 2. The first kappa shape index (κ1) is 20.3. The van der Waals surface area contributed by atoms with E-state index < -0.39 is 0 Å². The fourth-order valence-electron chi connectivity index (χ4n) is 2.85. The first-order valence-electron chi connectivity index (χ1n) is 9.86. The van der Waals surface area contributed by atoms with Crippen molar-refractivity contribution in [2.24, 2.45) is 5.10 Å². The summed E-state index contributed by atoms with van der Waals surface area (Å²) in [6, 6.07) is 19.0. The van der Waals surface area contributed by atoms with Crippen molar-refractivity contribution < 1.29 is 4.74 Å². The fourth-order valence-corrected chi connectivity index (χ4v) is 2.85. The summed E-state index contributed by atoms with van der Waals surface area (Å²) in [5.74, 6) is 0.821. The summed E-state index contributed by atoms with van der Waals surface area (Å²) in [5.41, 5.74) is 6.53. The number of hydrazone groups is 1. The van der Waals surface area contributed by atoms with Crippen LogP contribution in [0.3, 0.4) is 0 Å². The predicted octanol–water partition coefficient (Wildman–Crippen LogP) is 4.84. The summed E-state index contributed by atoms with van der Waals surface area (Å²) in [6.07, 6.45) is 3.38. The highest BCUT2D eigenvalue weighted by Gasteiger charge is 2.09. The molecule has 3 aromatic rings. The van der Waals surface area contributed by atoms with Crippen LogP contribution in [0.4, 0.5) is 5.69 Å². The van der Waals surface area contributed by atoms with Crippen molar-refractivity contribution in [3.8, 4) is 17.0 Å². The average Bonchev–Trinajstić information content (AvgIpc) is 2.76. The molecule has 29 heavy (non-hydrogen) atoms. The molecule has 150 valence electrons. The minimum Gasteiger partial charge on any atom is -0.494 e. The van der Waals surface area contributed by atoms with E-state index in [0.717, 1.165) is 35.4 Å². The second-order valence-electron chi connectivity index (χ2n) is 6.75. The SMILES string of the molecule is CCCCCOc1ccc(-c2n[nH]c(=O)cc2N/N=C(\C)c2ccccc2)cc1. The third-order valence-electron chi connectivity index (χ3n) is 4.49. The van der Waals surface area contributed by atoms with Crippen molar-refractivity contribution in [3.05, 3.63) is 76.6 Å². The van der Waals surface area contributed by atoms with Crippen LogP contribution in [-0.2, 0) is 0 Å². The molecule has 0 amide bonds. The molecule has 0 atom stereocenters. The number of nitrogens with zero attached hydrogens (tertiary/aromatic N) is 2. The van der Waals surface area contributed by atoms with Gasteiger partial charge in [-0.2, -0.15) is 10.2 Å². The first-order valence-corrected chi connectivity index (χ1v) is 9.86. The van der Waals surface area contributed by atoms with Crippen LogP contribution in [0, 0.1) is 0 Å². The molecule has 3 rings (SSSR count). The van der Waals surface area contributed by atoms with E-state index >= 15 is 0 Å². The molecule has 0 radical (unpaired) electrons. The molecule has 2 N–H and O–H groups in total. The van der Waals surface area contributed by atoms with Crippen molar-refractivity contribution in [1.29, 1.82) is 0 Å². The Morgan fingerprint density at radius 2 is 1.86 bits per heavy atom. The number of benzene rings is 2. The van der Waals surface area contributed by atoms with E-state index in [-0.39, 0.29) is 5.56 Å². The second-order valence-corrected chi connectivity index (χ2v) is 6.75. The van der Waals surface area contributed by atoms with Gasteiger partial charge in [0, 0.05) is 11.6 Å². The van der Waals surface area contributed by atoms with Gasteiger partial charge in [-0.05, 0) is 43.2 Å². The van der Waals surface area contributed by atoms with Gasteiger partial charge in [0.25, 0.3) is 5.56 Å². The van der Waals surface area contributed by atoms with E-state index in [4.69, 9.17) is 4.74 Å². The molecule has 0 bridgehead atoms. The fraction of sp³-hybridized carbons (Fsp3) is 0.261. The van der Waals surface area contributed by atoms with E-state index in [9.17, 15) is 4.79 Å². The Balaban J connectivity index is 1.77. The molecule has 0 aliphatic rings. The van der Waals surface area contributed by atoms with Crippen LogP contribution < -0.4 is 15.7 Å². The van der Waals surface area contributed by atoms with Gasteiger partial charge in [0.2, 0.25) is 0 Å². The highest BCUT2D eigenvalue weighted by Crippen LogP contribution is 2.26. The van der Waals surface area contributed by atoms with Crippen LogP contribution in [0.2, 0.25) is 0 Å². The van der Waals surface area contributed by atoms with Crippen LogP contribution in [0.25, 0.3) is 11.3 Å². The van der Waals surface area contributed by atoms with Gasteiger partial charge in [0.1, 0.15) is 11.4 Å². The van der Waals surface area contributed by atoms with Crippen molar-refractivity contribution in [1.82, 2.24) is 10.2 Å². The molecule has 0 unspecified atom stereocenters. The molecule has 6 nitrogen and oxygen atoms in total. The highest BCUT2D eigenvalue weighted by molar-refractivity contribution is 5.99. The molecule has 0 saturated heterocycles. The molecule has 0 fully saturated rings. The maximum absolute atomic E-state index is 11.8. The molecule has 0 aliphatic heterocycles. The first-order chi connectivity index (χ1) is 14.2. The van der Waals surface area contributed by atoms with Crippen molar-refractivity contribution in [2.75, 3.05) is 12.0 Å². The van der Waals surface area contributed by atoms with Gasteiger partial charge >= 0.3 is 0 Å². The Kier molecular flexibility index (Phi) is 7.16. The third-order valence-corrected chi connectivity index (χ3v) is 4.49. The monoisotopic (exact) mass is 390 g/mol. The minimum absolute atomic E-state index is 0.292. The third kappa shape index (κ3) is 5.78. The normalized spacial score (nSPS) is 11.3. The topological polar surface area (TPSA) is 79.4 Å². The van der Waals surface area contributed by atoms with Gasteiger partial charge in [0.05, 0.1) is 18.0 Å². The predicted molar refractivity (Wildman–Crippen MR) is 118 cm³/mol. The zero-order valence-electron chi connectivity index (χ0n) is 16.8. The summed E-state index contributed by atoms with van der Waals surface area (Å²) in [4.78, 5) is 11.8. The van der Waals surface area contributed by atoms with Gasteiger partial charge in [0.15, 0.2) is 0 Å². The van der Waals surface area contributed by atoms with Crippen molar-refractivity contribution in [3.63, 3.8) is 0 Å². The Morgan fingerprint density at radius 3 is 2.59 bits per heavy atom. The second kappa shape index (κ2) is 10.2. The molecular formula is C23H26N4O2. The molecule has 0 spiro atoms. The Labute approximate surface area is 170 Å². The van der Waals surface area contributed by atoms with Crippen LogP contribution in [0.1, 0.15) is 38.7 Å². The Morgan fingerprint density at radius 1 is 1.10 bits per heavy atom. The number of hydrogen-bond acceptors (Lipinski definition) is 5. The summed E-state index contributed by atoms with van der Waals surface area (Å²) in [5, 5.41) is 11.1. The van der Waals surface area contributed by atoms with Gasteiger partial charge in [-0.15, -0.1) is 0 Å². The number of ether oxygens (including phenoxy) is 1. The lowest BCUT2D eigenvalue weighted by Crippen LogP contribution is -2.10. The van der Waals surface area contributed by atoms with Crippen LogP contribution in [0.5, 0.6) is 5.75 Å². The zero-order valence-corrected chi connectivity index (χ0v) is 16.8. The number of hydrogen-bond donors (Lipinski definition) is 2. The molecular weight excluding hydrogens is 364 g/mol. The summed E-state index contributed by atoms with van der Waals surface area (Å²) in [7, 11) is 0. The quantitative estimate of drug-likeness (QED) is 0.311. The van der Waals surface area contributed by atoms with Crippen LogP contribution >= 0.6 is 0 Å². The van der Waals surface area contributed by atoms with E-state index in [0.29, 0.717) is 18.0 Å². The summed E-state index contributed by atoms with van der Waals surface area (Å²) in [6.45, 7) is 4.79. The molecule has 0 aliphatic carbocycles. The number of aromatic amines is 1. The lowest BCUT2D eigenvalue weighted by atomic mass is 10.1. The molecule has 6 heteroatoms. The number of H-pyrrole nitrogens is 1. The smallest absolute Gasteiger partial charge is 0.266 e. The van der Waals surface area contributed by atoms with E-state index in [1.54, 1.807) is 0 Å². The van der Waals surface area contributed by atoms with Crippen molar-refractivity contribution >= 4 is 11.4 Å². The highest BCUT2D eigenvalue weighted by atomic mass is 16.5. The van der Waals surface area contributed by atoms with E-state index in [2.05, 4.69) is 27.6 Å². The average molecular weight is 390 g/mol. The lowest BCUT2D eigenvalue weighted by molar-refractivity contribution is 0.306. The van der Waals surface area contributed by atoms with Gasteiger partial charge in [-0.3, -0.25) is 10.2 Å². The van der Waals surface area contributed by atoms with Gasteiger partial charge in [-0.1, -0.05) is 50.1 Å². The van der Waals surface area contributed by atoms with E-state index in [1.807, 2.05) is 61.5 Å². The van der Waals surface area contributed by atoms with Gasteiger partial charge in [-0.25, -0.2) is 5.10 Å². The standard InChI is InChI=1S/C23H26N4O2/c1-3-4-8-15-29-20-13-11-19(12-14-20)23-21(16-22(28)26-27-23)25-24-17(2)18-9-6-5-7-10-18/h5-7,9-14,16H,3-4,8,15H2,1-2H3,(H2,25,26,28)/b24-17+. The number of anilines is 1. The number of aromatic nitrogens is 2. The van der Waals surface area contributed by atoms with Crippen LogP contribution in [0.15, 0.2) is 70.6 Å². The summed E-state index contributed by atoms with van der Waals surface area (Å²) >= 11 is 0. The molecule has 0 saturated carbocycles. The largest absolute Gasteiger partial charge is 0.494 e. The Hall–Kier alpha value is -3.41. The maximum atomic E-state index is 11.8. The number of rotatable bonds is 9. The maximum Gasteiger partial charge on any atom is 0.266 e. The molecule has 2 aromatic carbocycles. The molecule has 1 aromatic heterocycles. The Bertz CT molecular complexity index is 995. The minimum atomic E-state index is -0.292. The van der Waals surface area contributed by atoms with Crippen LogP contribution in [-0.4, -0.2) is 22.5 Å². The summed E-state index contributed by atoms with van der Waals surface area (Å²) < 4.78 is 5.76. The number of unbranched alkanes of at least 4 members (excludes halogenated alkanes) is 2.